The van der Waals surface area contributed by atoms with Crippen molar-refractivity contribution < 1.29 is 14.6 Å². The van der Waals surface area contributed by atoms with Crippen LogP contribution in [0.4, 0.5) is 4.79 Å². The molecule has 0 bridgehead atoms. The molecule has 0 spiro atoms. The zero-order chi connectivity index (χ0) is 17.0. The monoisotopic (exact) mass is 320 g/mol. The Balaban J connectivity index is 2.04. The number of rotatable bonds is 7. The third kappa shape index (κ3) is 4.38. The number of carbonyl (C=O) groups excluding carboxylic acids is 1. The molecular weight excluding hydrogens is 292 g/mol. The molecule has 1 saturated carbocycles. The van der Waals surface area contributed by atoms with Crippen molar-refractivity contribution in [1.29, 1.82) is 0 Å². The summed E-state index contributed by atoms with van der Waals surface area (Å²) in [5.41, 5.74) is 0.499. The molecule has 5 nitrogen and oxygen atoms in total. The number of ether oxygens (including phenoxy) is 1. The van der Waals surface area contributed by atoms with Gasteiger partial charge in [0.25, 0.3) is 0 Å². The number of nitrogens with one attached hydrogen (secondary N) is 2. The number of methoxy groups -OCH3 is 1. The largest absolute Gasteiger partial charge is 0.497 e. The summed E-state index contributed by atoms with van der Waals surface area (Å²) < 4.78 is 5.18. The average molecular weight is 320 g/mol. The number of urea groups is 1. The van der Waals surface area contributed by atoms with Gasteiger partial charge in [-0.1, -0.05) is 26.0 Å². The number of aliphatic hydroxyl groups is 1. The first-order chi connectivity index (χ1) is 10.9. The molecule has 0 radical (unpaired) electrons. The van der Waals surface area contributed by atoms with Gasteiger partial charge in [0.2, 0.25) is 0 Å². The van der Waals surface area contributed by atoms with Gasteiger partial charge in [-0.2, -0.15) is 0 Å². The number of carbonyl (C=O) groups is 1. The molecule has 1 aliphatic carbocycles. The summed E-state index contributed by atoms with van der Waals surface area (Å²) in [5.74, 6) is 1.41. The SMILES string of the molecule is COc1ccc(C(NC(=O)NC(C)(CO)C2CC2)C(C)C)cc1. The molecule has 5 heteroatoms. The standard InChI is InChI=1S/C18H28N2O3/c1-12(2)16(13-5-9-15(23-4)10-6-13)19-17(22)20-18(3,11-21)14-7-8-14/h5-6,9-10,12,14,16,21H,7-8,11H2,1-4H3,(H2,19,20,22). The fraction of sp³-hybridized carbons (Fsp3) is 0.611. The van der Waals surface area contributed by atoms with E-state index in [0.29, 0.717) is 5.92 Å². The van der Waals surface area contributed by atoms with Crippen molar-refractivity contribution in [2.24, 2.45) is 11.8 Å². The molecule has 1 aromatic carbocycles. The highest BCUT2D eigenvalue weighted by Crippen LogP contribution is 2.39. The van der Waals surface area contributed by atoms with Crippen LogP contribution in [0.3, 0.4) is 0 Å². The summed E-state index contributed by atoms with van der Waals surface area (Å²) in [5, 5.41) is 15.6. The van der Waals surface area contributed by atoms with Gasteiger partial charge in [-0.25, -0.2) is 4.79 Å². The van der Waals surface area contributed by atoms with Gasteiger partial charge in [-0.15, -0.1) is 0 Å². The molecule has 2 rings (SSSR count). The lowest BCUT2D eigenvalue weighted by atomic mass is 9.95. The van der Waals surface area contributed by atoms with Crippen molar-refractivity contribution in [3.63, 3.8) is 0 Å². The van der Waals surface area contributed by atoms with E-state index < -0.39 is 5.54 Å². The van der Waals surface area contributed by atoms with Gasteiger partial charge in [-0.3, -0.25) is 0 Å². The van der Waals surface area contributed by atoms with Crippen molar-refractivity contribution in [1.82, 2.24) is 10.6 Å². The third-order valence-corrected chi connectivity index (χ3v) is 4.63. The van der Waals surface area contributed by atoms with Crippen LogP contribution in [0.15, 0.2) is 24.3 Å². The summed E-state index contributed by atoms with van der Waals surface area (Å²) in [6, 6.07) is 7.40. The van der Waals surface area contributed by atoms with Crippen molar-refractivity contribution in [2.45, 2.75) is 45.2 Å². The smallest absolute Gasteiger partial charge is 0.315 e. The number of amides is 2. The van der Waals surface area contributed by atoms with E-state index >= 15 is 0 Å². The molecule has 1 aliphatic rings. The van der Waals surface area contributed by atoms with Crippen molar-refractivity contribution >= 4 is 6.03 Å². The van der Waals surface area contributed by atoms with Gasteiger partial charge in [-0.05, 0) is 49.3 Å². The molecule has 3 N–H and O–H groups in total. The predicted octanol–water partition coefficient (Wildman–Crippen LogP) is 2.85. The Morgan fingerprint density at radius 1 is 1.35 bits per heavy atom. The summed E-state index contributed by atoms with van der Waals surface area (Å²) in [6.07, 6.45) is 2.12. The lowest BCUT2D eigenvalue weighted by molar-refractivity contribution is 0.153. The maximum Gasteiger partial charge on any atom is 0.315 e. The Bertz CT molecular complexity index is 526. The molecule has 23 heavy (non-hydrogen) atoms. The maximum atomic E-state index is 12.4. The highest BCUT2D eigenvalue weighted by molar-refractivity contribution is 5.75. The topological polar surface area (TPSA) is 70.6 Å². The fourth-order valence-corrected chi connectivity index (χ4v) is 2.87. The Morgan fingerprint density at radius 2 is 1.96 bits per heavy atom. The second-order valence-electron chi connectivity index (χ2n) is 6.94. The fourth-order valence-electron chi connectivity index (χ4n) is 2.87. The molecule has 0 heterocycles. The summed E-state index contributed by atoms with van der Waals surface area (Å²) in [7, 11) is 1.63. The van der Waals surface area contributed by atoms with Crippen LogP contribution in [-0.4, -0.2) is 30.4 Å². The molecule has 2 unspecified atom stereocenters. The molecular formula is C18H28N2O3. The summed E-state index contributed by atoms with van der Waals surface area (Å²) in [6.45, 7) is 6.00. The van der Waals surface area contributed by atoms with E-state index in [2.05, 4.69) is 24.5 Å². The van der Waals surface area contributed by atoms with Gasteiger partial charge in [0, 0.05) is 0 Å². The minimum Gasteiger partial charge on any atom is -0.497 e. The number of benzene rings is 1. The van der Waals surface area contributed by atoms with E-state index in [4.69, 9.17) is 4.74 Å². The van der Waals surface area contributed by atoms with Gasteiger partial charge in [0.15, 0.2) is 0 Å². The van der Waals surface area contributed by atoms with Gasteiger partial charge in [0.1, 0.15) is 5.75 Å². The molecule has 0 saturated heterocycles. The van der Waals surface area contributed by atoms with Crippen LogP contribution < -0.4 is 15.4 Å². The summed E-state index contributed by atoms with van der Waals surface area (Å²) >= 11 is 0. The number of aliphatic hydroxyl groups excluding tert-OH is 1. The van der Waals surface area contributed by atoms with E-state index in [9.17, 15) is 9.90 Å². The Kier molecular flexibility index (Phi) is 5.52. The second kappa shape index (κ2) is 7.21. The average Bonchev–Trinajstić information content (AvgIpc) is 3.37. The lowest BCUT2D eigenvalue weighted by Crippen LogP contribution is -2.54. The van der Waals surface area contributed by atoms with Crippen LogP contribution in [-0.2, 0) is 0 Å². The van der Waals surface area contributed by atoms with Crippen LogP contribution in [0.5, 0.6) is 5.75 Å². The third-order valence-electron chi connectivity index (χ3n) is 4.63. The highest BCUT2D eigenvalue weighted by atomic mass is 16.5. The van der Waals surface area contributed by atoms with E-state index in [0.717, 1.165) is 24.2 Å². The minimum absolute atomic E-state index is 0.0417. The van der Waals surface area contributed by atoms with E-state index in [1.165, 1.54) is 0 Å². The normalized spacial score (nSPS) is 18.2. The van der Waals surface area contributed by atoms with E-state index in [1.54, 1.807) is 7.11 Å². The van der Waals surface area contributed by atoms with Crippen LogP contribution in [0, 0.1) is 11.8 Å². The van der Waals surface area contributed by atoms with Crippen LogP contribution >= 0.6 is 0 Å². The van der Waals surface area contributed by atoms with Gasteiger partial charge >= 0.3 is 6.03 Å². The van der Waals surface area contributed by atoms with E-state index in [-0.39, 0.29) is 24.6 Å². The number of hydrogen-bond donors (Lipinski definition) is 3. The predicted molar refractivity (Wildman–Crippen MR) is 90.5 cm³/mol. The van der Waals surface area contributed by atoms with Crippen LogP contribution in [0.2, 0.25) is 0 Å². The quantitative estimate of drug-likeness (QED) is 0.723. The lowest BCUT2D eigenvalue weighted by Gasteiger charge is -2.31. The van der Waals surface area contributed by atoms with Crippen LogP contribution in [0.25, 0.3) is 0 Å². The number of hydrogen-bond acceptors (Lipinski definition) is 3. The first-order valence-electron chi connectivity index (χ1n) is 8.23. The summed E-state index contributed by atoms with van der Waals surface area (Å²) in [4.78, 5) is 12.4. The Morgan fingerprint density at radius 3 is 2.39 bits per heavy atom. The molecule has 2 atom stereocenters. The van der Waals surface area contributed by atoms with Crippen molar-refractivity contribution in [3.8, 4) is 5.75 Å². The Labute approximate surface area is 138 Å². The first-order valence-corrected chi connectivity index (χ1v) is 8.23. The maximum absolute atomic E-state index is 12.4. The van der Waals surface area contributed by atoms with Crippen molar-refractivity contribution in [3.05, 3.63) is 29.8 Å². The molecule has 1 fully saturated rings. The molecule has 0 aromatic heterocycles. The molecule has 2 amide bonds. The van der Waals surface area contributed by atoms with Crippen LogP contribution in [0.1, 0.15) is 45.2 Å². The zero-order valence-corrected chi connectivity index (χ0v) is 14.4. The van der Waals surface area contributed by atoms with Gasteiger partial charge < -0.3 is 20.5 Å². The van der Waals surface area contributed by atoms with Crippen molar-refractivity contribution in [2.75, 3.05) is 13.7 Å². The first kappa shape index (κ1) is 17.6. The van der Waals surface area contributed by atoms with Gasteiger partial charge in [0.05, 0.1) is 25.3 Å². The zero-order valence-electron chi connectivity index (χ0n) is 14.4. The van der Waals surface area contributed by atoms with E-state index in [1.807, 2.05) is 31.2 Å². The second-order valence-corrected chi connectivity index (χ2v) is 6.94. The minimum atomic E-state index is -0.536. The molecule has 0 aliphatic heterocycles. The highest BCUT2D eigenvalue weighted by Gasteiger charge is 2.42. The molecule has 128 valence electrons. The Hall–Kier alpha value is -1.75. The molecule has 1 aromatic rings.